The second-order valence-electron chi connectivity index (χ2n) is 9.05. The van der Waals surface area contributed by atoms with Crippen LogP contribution in [0.25, 0.3) is 22.0 Å². The average molecular weight is 453 g/mol. The van der Waals surface area contributed by atoms with Gasteiger partial charge < -0.3 is 25.2 Å². The highest BCUT2D eigenvalue weighted by Gasteiger charge is 2.25. The summed E-state index contributed by atoms with van der Waals surface area (Å²) < 4.78 is 15.9. The van der Waals surface area contributed by atoms with E-state index in [4.69, 9.17) is 5.73 Å². The zero-order valence-corrected chi connectivity index (χ0v) is 19.1. The molecule has 0 radical (unpaired) electrons. The topological polar surface area (TPSA) is 91.8 Å². The predicted molar refractivity (Wildman–Crippen MR) is 128 cm³/mol. The molecule has 1 amide bonds. The number of anilines is 1. The first-order valence-electron chi connectivity index (χ1n) is 11.1. The van der Waals surface area contributed by atoms with Crippen LogP contribution in [0, 0.1) is 11.7 Å². The van der Waals surface area contributed by atoms with Gasteiger partial charge in [0.1, 0.15) is 17.1 Å². The Morgan fingerprint density at radius 2 is 1.82 bits per heavy atom. The lowest BCUT2D eigenvalue weighted by Gasteiger charge is -2.35. The number of amides is 1. The fourth-order valence-corrected chi connectivity index (χ4v) is 4.52. The third kappa shape index (κ3) is 4.18. The van der Waals surface area contributed by atoms with E-state index >= 15 is 0 Å². The molecule has 0 saturated carbocycles. The van der Waals surface area contributed by atoms with Crippen molar-refractivity contribution in [2.45, 2.75) is 20.4 Å². The molecule has 4 rings (SSSR count). The molecule has 3 N–H and O–H groups in total. The summed E-state index contributed by atoms with van der Waals surface area (Å²) in [5, 5.41) is 11.4. The van der Waals surface area contributed by atoms with Crippen molar-refractivity contribution in [1.82, 2.24) is 9.47 Å². The maximum Gasteiger partial charge on any atom is 0.267 e. The normalized spacial score (nSPS) is 14.9. The van der Waals surface area contributed by atoms with Crippen LogP contribution in [0.4, 0.5) is 10.1 Å². The predicted octanol–water partition coefficient (Wildman–Crippen LogP) is 3.02. The minimum absolute atomic E-state index is 0.106. The molecule has 33 heavy (non-hydrogen) atoms. The summed E-state index contributed by atoms with van der Waals surface area (Å²) in [6, 6.07) is 9.86. The number of nitrogens with zero attached hydrogens (tertiary/aromatic N) is 3. The third-order valence-corrected chi connectivity index (χ3v) is 6.15. The van der Waals surface area contributed by atoms with Gasteiger partial charge in [-0.05, 0) is 42.8 Å². The van der Waals surface area contributed by atoms with E-state index in [-0.39, 0.29) is 5.92 Å². The van der Waals surface area contributed by atoms with Crippen LogP contribution in [0.3, 0.4) is 0 Å². The zero-order chi connectivity index (χ0) is 23.9. The van der Waals surface area contributed by atoms with Crippen LogP contribution in [0.5, 0.6) is 5.75 Å². The maximum absolute atomic E-state index is 14.5. The number of aromatic hydroxyl groups is 1. The molecule has 1 aliphatic rings. The van der Waals surface area contributed by atoms with E-state index < -0.39 is 28.6 Å². The summed E-state index contributed by atoms with van der Waals surface area (Å²) in [6.07, 6.45) is 0. The fourth-order valence-electron chi connectivity index (χ4n) is 4.52. The average Bonchev–Trinajstić information content (AvgIpc) is 2.76. The van der Waals surface area contributed by atoms with Crippen LogP contribution in [0.15, 0.2) is 41.2 Å². The molecule has 0 spiro atoms. The van der Waals surface area contributed by atoms with Crippen molar-refractivity contribution in [1.29, 1.82) is 0 Å². The lowest BCUT2D eigenvalue weighted by molar-refractivity contribution is 0.0996. The molecule has 0 unspecified atom stereocenters. The van der Waals surface area contributed by atoms with Gasteiger partial charge in [-0.1, -0.05) is 26.0 Å². The van der Waals surface area contributed by atoms with Crippen molar-refractivity contribution >= 4 is 22.5 Å². The molecule has 8 heteroatoms. The van der Waals surface area contributed by atoms with Crippen LogP contribution in [-0.4, -0.2) is 53.7 Å². The number of halogens is 1. The molecule has 1 aromatic heterocycles. The number of primary amides is 1. The molecule has 3 aromatic rings. The molecule has 0 bridgehead atoms. The second-order valence-corrected chi connectivity index (χ2v) is 9.05. The summed E-state index contributed by atoms with van der Waals surface area (Å²) in [6.45, 7) is 7.55. The van der Waals surface area contributed by atoms with Crippen LogP contribution in [-0.2, 0) is 6.54 Å². The molecule has 1 fully saturated rings. The van der Waals surface area contributed by atoms with Crippen molar-refractivity contribution in [3.63, 3.8) is 0 Å². The summed E-state index contributed by atoms with van der Waals surface area (Å²) in [4.78, 5) is 29.6. The lowest BCUT2D eigenvalue weighted by atomic mass is 9.95. The van der Waals surface area contributed by atoms with Gasteiger partial charge in [0.15, 0.2) is 0 Å². The van der Waals surface area contributed by atoms with E-state index in [0.717, 1.165) is 31.9 Å². The van der Waals surface area contributed by atoms with Crippen molar-refractivity contribution in [2.24, 2.45) is 11.7 Å². The highest BCUT2D eigenvalue weighted by Crippen LogP contribution is 2.40. The fraction of sp³-hybridized carbons (Fsp3) is 0.360. The zero-order valence-electron chi connectivity index (χ0n) is 19.1. The van der Waals surface area contributed by atoms with Gasteiger partial charge >= 0.3 is 0 Å². The number of benzene rings is 2. The standard InChI is InChI=1S/C25H29FN4O3/c1-15(2)14-30-20-6-4-5-17(21(20)23(31)22(24(27)32)25(30)33)18-13-16(26)7-8-19(18)29-11-9-28(3)10-12-29/h4-8,13,15,31H,9-12,14H2,1-3H3,(H2,27,32). The van der Waals surface area contributed by atoms with E-state index in [9.17, 15) is 19.1 Å². The van der Waals surface area contributed by atoms with Gasteiger partial charge in [-0.25, -0.2) is 4.39 Å². The summed E-state index contributed by atoms with van der Waals surface area (Å²) >= 11 is 0. The largest absolute Gasteiger partial charge is 0.506 e. The van der Waals surface area contributed by atoms with Gasteiger partial charge in [-0.2, -0.15) is 0 Å². The van der Waals surface area contributed by atoms with Crippen molar-refractivity contribution in [2.75, 3.05) is 38.1 Å². The van der Waals surface area contributed by atoms with E-state index in [2.05, 4.69) is 16.8 Å². The van der Waals surface area contributed by atoms with E-state index in [1.807, 2.05) is 13.8 Å². The number of aromatic nitrogens is 1. The van der Waals surface area contributed by atoms with E-state index in [1.54, 1.807) is 24.3 Å². The minimum atomic E-state index is -0.995. The molecule has 2 aromatic carbocycles. The first-order chi connectivity index (χ1) is 15.7. The summed E-state index contributed by atoms with van der Waals surface area (Å²) in [5.41, 5.74) is 6.85. The third-order valence-electron chi connectivity index (χ3n) is 6.15. The van der Waals surface area contributed by atoms with Crippen LogP contribution in [0.2, 0.25) is 0 Å². The van der Waals surface area contributed by atoms with E-state index in [1.165, 1.54) is 16.7 Å². The maximum atomic E-state index is 14.5. The number of carbonyl (C=O) groups is 1. The van der Waals surface area contributed by atoms with Crippen molar-refractivity contribution in [3.8, 4) is 16.9 Å². The monoisotopic (exact) mass is 452 g/mol. The van der Waals surface area contributed by atoms with Gasteiger partial charge in [0, 0.05) is 49.4 Å². The van der Waals surface area contributed by atoms with Crippen molar-refractivity contribution in [3.05, 3.63) is 58.1 Å². The van der Waals surface area contributed by atoms with Crippen molar-refractivity contribution < 1.29 is 14.3 Å². The first kappa shape index (κ1) is 22.8. The number of rotatable bonds is 5. The highest BCUT2D eigenvalue weighted by molar-refractivity contribution is 6.07. The Hall–Kier alpha value is -3.39. The van der Waals surface area contributed by atoms with Gasteiger partial charge in [0.25, 0.3) is 11.5 Å². The number of nitrogens with two attached hydrogens (primary N) is 1. The number of carbonyl (C=O) groups excluding carboxylic acids is 1. The molecular weight excluding hydrogens is 423 g/mol. The quantitative estimate of drug-likeness (QED) is 0.621. The number of hydrogen-bond acceptors (Lipinski definition) is 5. The van der Waals surface area contributed by atoms with E-state index in [0.29, 0.717) is 28.6 Å². The number of likely N-dealkylation sites (N-methyl/N-ethyl adjacent to an activating group) is 1. The minimum Gasteiger partial charge on any atom is -0.506 e. The van der Waals surface area contributed by atoms with Crippen LogP contribution >= 0.6 is 0 Å². The Bertz CT molecular complexity index is 1280. The number of hydrogen-bond donors (Lipinski definition) is 2. The number of fused-ring (bicyclic) bond motifs is 1. The van der Waals surface area contributed by atoms with Gasteiger partial charge in [-0.15, -0.1) is 0 Å². The van der Waals surface area contributed by atoms with Gasteiger partial charge in [0.05, 0.1) is 5.52 Å². The SMILES string of the molecule is CC(C)Cn1c(=O)c(C(N)=O)c(O)c2c(-c3cc(F)ccc3N3CCN(C)CC3)cccc21. The summed E-state index contributed by atoms with van der Waals surface area (Å²) in [7, 11) is 2.06. The molecule has 1 aliphatic heterocycles. The van der Waals surface area contributed by atoms with Gasteiger partial charge in [-0.3, -0.25) is 9.59 Å². The highest BCUT2D eigenvalue weighted by atomic mass is 19.1. The van der Waals surface area contributed by atoms with Crippen LogP contribution < -0.4 is 16.2 Å². The number of piperazine rings is 1. The molecule has 1 saturated heterocycles. The summed E-state index contributed by atoms with van der Waals surface area (Å²) in [5.74, 6) is -1.77. The molecule has 174 valence electrons. The Morgan fingerprint density at radius 1 is 1.12 bits per heavy atom. The molecular formula is C25H29FN4O3. The molecule has 7 nitrogen and oxygen atoms in total. The smallest absolute Gasteiger partial charge is 0.267 e. The van der Waals surface area contributed by atoms with Crippen LogP contribution in [0.1, 0.15) is 24.2 Å². The Balaban J connectivity index is 2.04. The molecule has 2 heterocycles. The molecule has 0 atom stereocenters. The number of pyridine rings is 1. The Kier molecular flexibility index (Phi) is 6.12. The van der Waals surface area contributed by atoms with Gasteiger partial charge in [0.2, 0.25) is 0 Å². The lowest BCUT2D eigenvalue weighted by Crippen LogP contribution is -2.44. The Labute approximate surface area is 191 Å². The first-order valence-corrected chi connectivity index (χ1v) is 11.1. The second kappa shape index (κ2) is 8.86. The molecule has 0 aliphatic carbocycles. The Morgan fingerprint density at radius 3 is 2.45 bits per heavy atom.